The zero-order chi connectivity index (χ0) is 25.4. The van der Waals surface area contributed by atoms with Crippen molar-refractivity contribution in [3.05, 3.63) is 59.7 Å². The first-order valence-electron chi connectivity index (χ1n) is 12.3. The SMILES string of the molecule is CCC1(C(=O)O)CCCN1C(=O)[C@@H](NC(=O)OCC1c2ccccc2-c2ccccc21)C(C)(C)C. The number of amides is 2. The van der Waals surface area contributed by atoms with Gasteiger partial charge < -0.3 is 20.1 Å². The van der Waals surface area contributed by atoms with Crippen LogP contribution in [0.25, 0.3) is 11.1 Å². The maximum Gasteiger partial charge on any atom is 0.407 e. The van der Waals surface area contributed by atoms with Gasteiger partial charge >= 0.3 is 12.1 Å². The summed E-state index contributed by atoms with van der Waals surface area (Å²) in [6.45, 7) is 7.84. The third-order valence-corrected chi connectivity index (χ3v) is 7.46. The molecule has 1 aliphatic heterocycles. The van der Waals surface area contributed by atoms with E-state index in [-0.39, 0.29) is 18.4 Å². The molecule has 0 radical (unpaired) electrons. The molecule has 2 N–H and O–H groups in total. The standard InChI is InChI=1S/C28H34N2O5/c1-5-28(25(32)33)15-10-16-30(28)24(31)23(27(2,3)4)29-26(34)35-17-22-20-13-8-6-11-18(20)19-12-7-9-14-21(19)22/h6-9,11-14,22-23H,5,10,15-17H2,1-4H3,(H,29,34)(H,32,33)/t23-,28?/m1/s1. The summed E-state index contributed by atoms with van der Waals surface area (Å²) in [5.74, 6) is -1.47. The Bertz CT molecular complexity index is 1090. The van der Waals surface area contributed by atoms with Crippen molar-refractivity contribution < 1.29 is 24.2 Å². The number of nitrogens with zero attached hydrogens (tertiary/aromatic N) is 1. The zero-order valence-corrected chi connectivity index (χ0v) is 20.8. The quantitative estimate of drug-likeness (QED) is 0.622. The smallest absolute Gasteiger partial charge is 0.407 e. The van der Waals surface area contributed by atoms with E-state index >= 15 is 0 Å². The van der Waals surface area contributed by atoms with Gasteiger partial charge in [0.15, 0.2) is 0 Å². The van der Waals surface area contributed by atoms with E-state index in [1.165, 1.54) is 4.90 Å². The zero-order valence-electron chi connectivity index (χ0n) is 20.8. The van der Waals surface area contributed by atoms with Crippen LogP contribution in [0.1, 0.15) is 64.0 Å². The van der Waals surface area contributed by atoms with Gasteiger partial charge in [-0.3, -0.25) is 4.79 Å². The van der Waals surface area contributed by atoms with Crippen molar-refractivity contribution in [3.63, 3.8) is 0 Å². The number of carbonyl (C=O) groups is 3. The molecule has 35 heavy (non-hydrogen) atoms. The second kappa shape index (κ2) is 9.36. The van der Waals surface area contributed by atoms with Gasteiger partial charge in [-0.2, -0.15) is 0 Å². The maximum absolute atomic E-state index is 13.6. The number of alkyl carbamates (subject to hydrolysis) is 1. The Kier molecular flexibility index (Phi) is 6.62. The predicted octanol–water partition coefficient (Wildman–Crippen LogP) is 4.80. The largest absolute Gasteiger partial charge is 0.479 e. The van der Waals surface area contributed by atoms with Gasteiger partial charge in [0.2, 0.25) is 5.91 Å². The fraction of sp³-hybridized carbons (Fsp3) is 0.464. The van der Waals surface area contributed by atoms with Crippen molar-refractivity contribution in [3.8, 4) is 11.1 Å². The number of carboxylic acids is 1. The van der Waals surface area contributed by atoms with Crippen LogP contribution in [0.3, 0.4) is 0 Å². The average Bonchev–Trinajstić information content (AvgIpc) is 3.40. The summed E-state index contributed by atoms with van der Waals surface area (Å²) in [5, 5.41) is 12.7. The highest BCUT2D eigenvalue weighted by Crippen LogP contribution is 2.44. The Labute approximate surface area is 206 Å². The molecule has 1 unspecified atom stereocenters. The number of nitrogens with one attached hydrogen (secondary N) is 1. The summed E-state index contributed by atoms with van der Waals surface area (Å²) in [6, 6.07) is 15.3. The Balaban J connectivity index is 1.50. The number of aliphatic carboxylic acids is 1. The lowest BCUT2D eigenvalue weighted by molar-refractivity contribution is -0.158. The van der Waals surface area contributed by atoms with E-state index in [4.69, 9.17) is 4.74 Å². The fourth-order valence-corrected chi connectivity index (χ4v) is 5.50. The number of hydrogen-bond acceptors (Lipinski definition) is 4. The normalized spacial score (nSPS) is 20.2. The highest BCUT2D eigenvalue weighted by atomic mass is 16.5. The van der Waals surface area contributed by atoms with Crippen LogP contribution in [-0.4, -0.2) is 52.7 Å². The van der Waals surface area contributed by atoms with E-state index in [0.29, 0.717) is 25.8 Å². The maximum atomic E-state index is 13.6. The number of ether oxygens (including phenoxy) is 1. The number of carbonyl (C=O) groups excluding carboxylic acids is 2. The van der Waals surface area contributed by atoms with Gasteiger partial charge in [-0.05, 0) is 46.9 Å². The molecule has 2 aromatic rings. The number of carboxylic acid groups (broad SMARTS) is 1. The first kappa shape index (κ1) is 24.8. The predicted molar refractivity (Wildman–Crippen MR) is 133 cm³/mol. The number of hydrogen-bond donors (Lipinski definition) is 2. The molecule has 1 saturated heterocycles. The molecule has 2 aliphatic rings. The second-order valence-electron chi connectivity index (χ2n) is 10.6. The molecule has 186 valence electrons. The minimum absolute atomic E-state index is 0.0877. The molecule has 7 heteroatoms. The van der Waals surface area contributed by atoms with Gasteiger partial charge in [0.05, 0.1) is 0 Å². The summed E-state index contributed by atoms with van der Waals surface area (Å²) in [4.78, 5) is 40.1. The first-order valence-corrected chi connectivity index (χ1v) is 12.3. The highest BCUT2D eigenvalue weighted by molar-refractivity contribution is 5.92. The van der Waals surface area contributed by atoms with Crippen LogP contribution in [0.4, 0.5) is 4.79 Å². The van der Waals surface area contributed by atoms with Crippen molar-refractivity contribution in [2.45, 2.75) is 64.5 Å². The summed E-state index contributed by atoms with van der Waals surface area (Å²) in [7, 11) is 0. The van der Waals surface area contributed by atoms with Gasteiger partial charge in [-0.25, -0.2) is 9.59 Å². The lowest BCUT2D eigenvalue weighted by Crippen LogP contribution is -2.61. The van der Waals surface area contributed by atoms with E-state index in [1.54, 1.807) is 6.92 Å². The van der Waals surface area contributed by atoms with Crippen LogP contribution in [0.5, 0.6) is 0 Å². The first-order chi connectivity index (χ1) is 16.6. The molecular weight excluding hydrogens is 444 g/mol. The molecule has 4 rings (SSSR count). The van der Waals surface area contributed by atoms with E-state index in [9.17, 15) is 19.5 Å². The summed E-state index contributed by atoms with van der Waals surface area (Å²) >= 11 is 0. The number of benzene rings is 2. The lowest BCUT2D eigenvalue weighted by Gasteiger charge is -2.39. The van der Waals surface area contributed by atoms with Crippen molar-refractivity contribution in [2.75, 3.05) is 13.2 Å². The molecule has 2 atom stereocenters. The molecule has 0 saturated carbocycles. The molecule has 7 nitrogen and oxygen atoms in total. The molecule has 1 aliphatic carbocycles. The number of likely N-dealkylation sites (tertiary alicyclic amines) is 1. The second-order valence-corrected chi connectivity index (χ2v) is 10.6. The topological polar surface area (TPSA) is 95.9 Å². The molecule has 2 aromatic carbocycles. The molecular formula is C28H34N2O5. The minimum atomic E-state index is -1.23. The molecule has 0 aromatic heterocycles. The van der Waals surface area contributed by atoms with Crippen LogP contribution in [-0.2, 0) is 14.3 Å². The monoisotopic (exact) mass is 478 g/mol. The van der Waals surface area contributed by atoms with Crippen molar-refractivity contribution in [1.29, 1.82) is 0 Å². The van der Waals surface area contributed by atoms with Crippen LogP contribution >= 0.6 is 0 Å². The summed E-state index contributed by atoms with van der Waals surface area (Å²) in [5.41, 5.74) is 2.62. The molecule has 0 bridgehead atoms. The molecule has 0 spiro atoms. The minimum Gasteiger partial charge on any atom is -0.479 e. The molecule has 1 heterocycles. The van der Waals surface area contributed by atoms with Gasteiger partial charge in [0.25, 0.3) is 0 Å². The van der Waals surface area contributed by atoms with Gasteiger partial charge in [0, 0.05) is 12.5 Å². The van der Waals surface area contributed by atoms with E-state index in [1.807, 2.05) is 57.2 Å². The third-order valence-electron chi connectivity index (χ3n) is 7.46. The van der Waals surface area contributed by atoms with Crippen molar-refractivity contribution in [2.24, 2.45) is 5.41 Å². The highest BCUT2D eigenvalue weighted by Gasteiger charge is 2.51. The Morgan fingerprint density at radius 1 is 1.09 bits per heavy atom. The lowest BCUT2D eigenvalue weighted by atomic mass is 9.84. The molecule has 2 amide bonds. The Morgan fingerprint density at radius 3 is 2.17 bits per heavy atom. The van der Waals surface area contributed by atoms with Crippen molar-refractivity contribution >= 4 is 18.0 Å². The van der Waals surface area contributed by atoms with E-state index in [0.717, 1.165) is 22.3 Å². The summed E-state index contributed by atoms with van der Waals surface area (Å²) in [6.07, 6.45) is 0.660. The average molecular weight is 479 g/mol. The Morgan fingerprint density at radius 2 is 1.66 bits per heavy atom. The van der Waals surface area contributed by atoms with Crippen LogP contribution in [0.2, 0.25) is 0 Å². The van der Waals surface area contributed by atoms with Crippen LogP contribution < -0.4 is 5.32 Å². The molecule has 1 fully saturated rings. The van der Waals surface area contributed by atoms with Gasteiger partial charge in [-0.15, -0.1) is 0 Å². The fourth-order valence-electron chi connectivity index (χ4n) is 5.50. The van der Waals surface area contributed by atoms with Crippen molar-refractivity contribution in [1.82, 2.24) is 10.2 Å². The van der Waals surface area contributed by atoms with E-state index in [2.05, 4.69) is 17.4 Å². The Hall–Kier alpha value is -3.35. The van der Waals surface area contributed by atoms with Crippen LogP contribution in [0, 0.1) is 5.41 Å². The van der Waals surface area contributed by atoms with Gasteiger partial charge in [-0.1, -0.05) is 76.2 Å². The third kappa shape index (κ3) is 4.40. The summed E-state index contributed by atoms with van der Waals surface area (Å²) < 4.78 is 5.67. The number of rotatable bonds is 6. The van der Waals surface area contributed by atoms with Gasteiger partial charge in [0.1, 0.15) is 18.2 Å². The number of fused-ring (bicyclic) bond motifs is 3. The van der Waals surface area contributed by atoms with Crippen LogP contribution in [0.15, 0.2) is 48.5 Å². The van der Waals surface area contributed by atoms with E-state index < -0.39 is 29.1 Å².